The Balaban J connectivity index is 1.99. The molecule has 0 bridgehead atoms. The van der Waals surface area contributed by atoms with Gasteiger partial charge in [0.05, 0.1) is 5.41 Å². The summed E-state index contributed by atoms with van der Waals surface area (Å²) in [6.45, 7) is 11.0. The van der Waals surface area contributed by atoms with Crippen LogP contribution in [0.3, 0.4) is 0 Å². The zero-order chi connectivity index (χ0) is 22.4. The number of benzene rings is 2. The third-order valence-corrected chi connectivity index (χ3v) is 6.84. The Morgan fingerprint density at radius 2 is 1.57 bits per heavy atom. The SMILES string of the molecule is CC(C)(C)C(=O)Oc1ccc(-c2sc3cc(C(=O)C(C)(C)C)cc(O)c3c2Br)cc1. The second-order valence-electron chi connectivity index (χ2n) is 9.36. The average Bonchev–Trinajstić information content (AvgIpc) is 2.97. The van der Waals surface area contributed by atoms with Gasteiger partial charge in [-0.25, -0.2) is 0 Å². The summed E-state index contributed by atoms with van der Waals surface area (Å²) in [6, 6.07) is 10.6. The highest BCUT2D eigenvalue weighted by atomic mass is 79.9. The van der Waals surface area contributed by atoms with E-state index in [9.17, 15) is 14.7 Å². The van der Waals surface area contributed by atoms with Crippen LogP contribution in [0.25, 0.3) is 20.5 Å². The van der Waals surface area contributed by atoms with Crippen molar-refractivity contribution in [3.05, 3.63) is 46.4 Å². The minimum Gasteiger partial charge on any atom is -0.507 e. The number of phenolic OH excluding ortho intramolecular Hbond substituents is 1. The Morgan fingerprint density at radius 3 is 2.10 bits per heavy atom. The third-order valence-electron chi connectivity index (χ3n) is 4.60. The normalized spacial score (nSPS) is 12.2. The van der Waals surface area contributed by atoms with Crippen molar-refractivity contribution in [2.45, 2.75) is 41.5 Å². The molecular weight excluding hydrogens is 464 g/mol. The molecule has 3 aromatic rings. The minimum absolute atomic E-state index is 0.0178. The summed E-state index contributed by atoms with van der Waals surface area (Å²) in [5.74, 6) is 0.247. The maximum absolute atomic E-state index is 12.7. The fourth-order valence-corrected chi connectivity index (χ4v) is 5.03. The number of hydrogen-bond acceptors (Lipinski definition) is 5. The Bertz CT molecular complexity index is 1130. The van der Waals surface area contributed by atoms with E-state index in [-0.39, 0.29) is 17.5 Å². The van der Waals surface area contributed by atoms with Gasteiger partial charge in [-0.2, -0.15) is 0 Å². The molecule has 0 aliphatic heterocycles. The molecule has 1 N–H and O–H groups in total. The van der Waals surface area contributed by atoms with E-state index in [4.69, 9.17) is 4.74 Å². The Morgan fingerprint density at radius 1 is 0.967 bits per heavy atom. The van der Waals surface area contributed by atoms with Crippen LogP contribution in [-0.2, 0) is 4.79 Å². The molecule has 1 heterocycles. The van der Waals surface area contributed by atoms with E-state index in [1.807, 2.05) is 59.7 Å². The summed E-state index contributed by atoms with van der Waals surface area (Å²) >= 11 is 5.10. The van der Waals surface area contributed by atoms with E-state index in [0.29, 0.717) is 16.7 Å². The van der Waals surface area contributed by atoms with Crippen LogP contribution < -0.4 is 4.74 Å². The smallest absolute Gasteiger partial charge is 0.316 e. The van der Waals surface area contributed by atoms with E-state index in [2.05, 4.69) is 15.9 Å². The van der Waals surface area contributed by atoms with Crippen molar-refractivity contribution < 1.29 is 19.4 Å². The molecule has 158 valence electrons. The first-order valence-corrected chi connectivity index (χ1v) is 11.2. The number of fused-ring (bicyclic) bond motifs is 1. The molecule has 2 aromatic carbocycles. The van der Waals surface area contributed by atoms with Gasteiger partial charge in [-0.1, -0.05) is 20.8 Å². The van der Waals surface area contributed by atoms with Crippen LogP contribution in [0.2, 0.25) is 0 Å². The Hall–Kier alpha value is -2.18. The highest BCUT2D eigenvalue weighted by Crippen LogP contribution is 2.46. The first-order chi connectivity index (χ1) is 13.8. The van der Waals surface area contributed by atoms with Crippen molar-refractivity contribution in [2.75, 3.05) is 0 Å². The maximum Gasteiger partial charge on any atom is 0.316 e. The van der Waals surface area contributed by atoms with Crippen molar-refractivity contribution in [1.82, 2.24) is 0 Å². The Kier molecular flexibility index (Phi) is 5.87. The lowest BCUT2D eigenvalue weighted by atomic mass is 9.86. The van der Waals surface area contributed by atoms with Crippen LogP contribution in [0.1, 0.15) is 51.9 Å². The topological polar surface area (TPSA) is 63.6 Å². The molecule has 0 aliphatic carbocycles. The van der Waals surface area contributed by atoms with Gasteiger partial charge in [-0.3, -0.25) is 9.59 Å². The lowest BCUT2D eigenvalue weighted by Gasteiger charge is -2.16. The van der Waals surface area contributed by atoms with Gasteiger partial charge < -0.3 is 9.84 Å². The maximum atomic E-state index is 12.7. The first kappa shape index (κ1) is 22.5. The lowest BCUT2D eigenvalue weighted by Crippen LogP contribution is -2.25. The molecule has 6 heteroatoms. The predicted octanol–water partition coefficient (Wildman–Crippen LogP) is 7.22. The van der Waals surface area contributed by atoms with E-state index in [0.717, 1.165) is 19.6 Å². The molecule has 0 saturated heterocycles. The number of rotatable bonds is 3. The number of hydrogen-bond donors (Lipinski definition) is 1. The van der Waals surface area contributed by atoms with Crippen molar-refractivity contribution >= 4 is 49.1 Å². The van der Waals surface area contributed by atoms with Gasteiger partial charge in [-0.05, 0) is 78.7 Å². The number of ketones is 1. The molecule has 0 saturated carbocycles. The first-order valence-electron chi connectivity index (χ1n) is 9.61. The summed E-state index contributed by atoms with van der Waals surface area (Å²) in [4.78, 5) is 25.7. The van der Waals surface area contributed by atoms with Gasteiger partial charge in [0.25, 0.3) is 0 Å². The van der Waals surface area contributed by atoms with Crippen molar-refractivity contribution in [3.8, 4) is 21.9 Å². The molecule has 4 nitrogen and oxygen atoms in total. The average molecular weight is 489 g/mol. The van der Waals surface area contributed by atoms with E-state index < -0.39 is 10.8 Å². The number of carbonyl (C=O) groups excluding carboxylic acids is 2. The summed E-state index contributed by atoms with van der Waals surface area (Å²) in [6.07, 6.45) is 0. The number of thiophene rings is 1. The lowest BCUT2D eigenvalue weighted by molar-refractivity contribution is -0.143. The zero-order valence-electron chi connectivity index (χ0n) is 17.9. The summed E-state index contributed by atoms with van der Waals surface area (Å²) in [7, 11) is 0. The second-order valence-corrected chi connectivity index (χ2v) is 11.2. The largest absolute Gasteiger partial charge is 0.507 e. The number of phenols is 1. The van der Waals surface area contributed by atoms with Crippen LogP contribution in [0.5, 0.6) is 11.5 Å². The fourth-order valence-electron chi connectivity index (χ4n) is 2.85. The summed E-state index contributed by atoms with van der Waals surface area (Å²) < 4.78 is 7.03. The molecule has 1 aromatic heterocycles. The second kappa shape index (κ2) is 7.82. The van der Waals surface area contributed by atoms with Crippen molar-refractivity contribution in [3.63, 3.8) is 0 Å². The number of ether oxygens (including phenoxy) is 1. The molecule has 0 spiro atoms. The number of Topliss-reactive ketones (excluding diaryl/α,β-unsaturated/α-hetero) is 1. The molecule has 3 rings (SSSR count). The van der Waals surface area contributed by atoms with Gasteiger partial charge in [0.2, 0.25) is 0 Å². The molecule has 0 fully saturated rings. The van der Waals surface area contributed by atoms with E-state index in [1.165, 1.54) is 17.4 Å². The minimum atomic E-state index is -0.576. The highest BCUT2D eigenvalue weighted by Gasteiger charge is 2.26. The standard InChI is InChI=1S/C24H25BrO4S/c1-23(2,3)21(27)14-11-16(26)18-17(12-14)30-20(19(18)25)13-7-9-15(10-8-13)29-22(28)24(4,5)6/h7-12,26H,1-6H3. The van der Waals surface area contributed by atoms with Gasteiger partial charge >= 0.3 is 5.97 Å². The van der Waals surface area contributed by atoms with Crippen LogP contribution in [0, 0.1) is 10.8 Å². The molecule has 30 heavy (non-hydrogen) atoms. The van der Waals surface area contributed by atoms with Gasteiger partial charge in [0, 0.05) is 30.4 Å². The molecule has 0 aliphatic rings. The monoisotopic (exact) mass is 488 g/mol. The number of carbonyl (C=O) groups is 2. The Labute approximate surface area is 189 Å². The van der Waals surface area contributed by atoms with Crippen LogP contribution in [0.15, 0.2) is 40.9 Å². The summed E-state index contributed by atoms with van der Waals surface area (Å²) in [5.41, 5.74) is 0.309. The third kappa shape index (κ3) is 4.44. The predicted molar refractivity (Wildman–Crippen MR) is 126 cm³/mol. The number of aromatic hydroxyl groups is 1. The molecular formula is C24H25BrO4S. The molecule has 0 amide bonds. The van der Waals surface area contributed by atoms with Crippen LogP contribution in [0.4, 0.5) is 0 Å². The quantitative estimate of drug-likeness (QED) is 0.240. The molecule has 0 radical (unpaired) electrons. The van der Waals surface area contributed by atoms with Crippen LogP contribution in [-0.4, -0.2) is 16.9 Å². The van der Waals surface area contributed by atoms with Crippen molar-refractivity contribution in [1.29, 1.82) is 0 Å². The van der Waals surface area contributed by atoms with E-state index >= 15 is 0 Å². The number of halogens is 1. The van der Waals surface area contributed by atoms with Gasteiger partial charge in [-0.15, -0.1) is 11.3 Å². The molecule has 0 atom stereocenters. The van der Waals surface area contributed by atoms with E-state index in [1.54, 1.807) is 12.1 Å². The summed E-state index contributed by atoms with van der Waals surface area (Å²) in [5, 5.41) is 11.3. The fraction of sp³-hybridized carbons (Fsp3) is 0.333. The number of esters is 1. The van der Waals surface area contributed by atoms with Gasteiger partial charge in [0.1, 0.15) is 11.5 Å². The molecule has 0 unspecified atom stereocenters. The van der Waals surface area contributed by atoms with Crippen LogP contribution >= 0.6 is 27.3 Å². The highest BCUT2D eigenvalue weighted by molar-refractivity contribution is 9.10. The zero-order valence-corrected chi connectivity index (χ0v) is 20.3. The van der Waals surface area contributed by atoms with Crippen molar-refractivity contribution in [2.24, 2.45) is 10.8 Å². The van der Waals surface area contributed by atoms with Gasteiger partial charge in [0.15, 0.2) is 5.78 Å².